The molecule has 3 heterocycles. The molecule has 1 amide bonds. The number of aryl methyl sites for hydroxylation is 1. The van der Waals surface area contributed by atoms with E-state index in [9.17, 15) is 4.79 Å². The Morgan fingerprint density at radius 1 is 1.28 bits per heavy atom. The van der Waals surface area contributed by atoms with Crippen molar-refractivity contribution in [1.29, 1.82) is 0 Å². The fourth-order valence-electron chi connectivity index (χ4n) is 4.63. The van der Waals surface area contributed by atoms with Crippen molar-refractivity contribution in [2.45, 2.75) is 38.8 Å². The van der Waals surface area contributed by atoms with E-state index in [1.165, 1.54) is 19.3 Å². The lowest BCUT2D eigenvalue weighted by Gasteiger charge is -2.38. The molecule has 0 radical (unpaired) electrons. The van der Waals surface area contributed by atoms with E-state index in [1.54, 1.807) is 12.3 Å². The number of likely N-dealkylation sites (tertiary alicyclic amines) is 1. The summed E-state index contributed by atoms with van der Waals surface area (Å²) in [4.78, 5) is 17.1. The fraction of sp³-hybridized carbons (Fsp3) is 0.550. The molecule has 1 aliphatic carbocycles. The van der Waals surface area contributed by atoms with Crippen LogP contribution in [0.3, 0.4) is 0 Å². The van der Waals surface area contributed by atoms with E-state index >= 15 is 0 Å². The summed E-state index contributed by atoms with van der Waals surface area (Å²) in [5, 5.41) is 0. The molecule has 1 saturated heterocycles. The van der Waals surface area contributed by atoms with Gasteiger partial charge in [0.25, 0.3) is 5.91 Å². The second-order valence-electron chi connectivity index (χ2n) is 7.54. The first-order valence-electron chi connectivity index (χ1n) is 9.20. The molecule has 2 aliphatic rings. The van der Waals surface area contributed by atoms with Crippen LogP contribution in [-0.4, -0.2) is 41.9 Å². The summed E-state index contributed by atoms with van der Waals surface area (Å²) in [6.07, 6.45) is 5.38. The molecule has 0 spiro atoms. The number of rotatable bonds is 4. The second kappa shape index (κ2) is 6.71. The zero-order valence-corrected chi connectivity index (χ0v) is 15.0. The SMILES string of the molecule is Cc1ccc(C(=O)N2C[C@@H]3CCC[C@H](N(C)Cc4ccco4)[C@@H]3C2)o1. The first-order chi connectivity index (χ1) is 12.1. The van der Waals surface area contributed by atoms with Crippen LogP contribution in [-0.2, 0) is 6.54 Å². The Morgan fingerprint density at radius 3 is 2.88 bits per heavy atom. The first kappa shape index (κ1) is 16.5. The number of furan rings is 2. The Bertz CT molecular complexity index is 721. The number of nitrogens with zero attached hydrogens (tertiary/aromatic N) is 2. The third-order valence-corrected chi connectivity index (χ3v) is 5.85. The Hall–Kier alpha value is -2.01. The van der Waals surface area contributed by atoms with Gasteiger partial charge in [-0.2, -0.15) is 0 Å². The number of carbonyl (C=O) groups is 1. The van der Waals surface area contributed by atoms with Gasteiger partial charge in [0.2, 0.25) is 0 Å². The summed E-state index contributed by atoms with van der Waals surface area (Å²) in [6, 6.07) is 8.12. The smallest absolute Gasteiger partial charge is 0.289 e. The van der Waals surface area contributed by atoms with E-state index in [1.807, 2.05) is 30.0 Å². The van der Waals surface area contributed by atoms with E-state index in [0.717, 1.165) is 31.2 Å². The van der Waals surface area contributed by atoms with Crippen LogP contribution in [0.25, 0.3) is 0 Å². The van der Waals surface area contributed by atoms with E-state index in [-0.39, 0.29) is 5.91 Å². The first-order valence-corrected chi connectivity index (χ1v) is 9.20. The molecular weight excluding hydrogens is 316 g/mol. The third-order valence-electron chi connectivity index (χ3n) is 5.85. The van der Waals surface area contributed by atoms with Crippen molar-refractivity contribution in [3.05, 3.63) is 47.8 Å². The minimum absolute atomic E-state index is 0.0370. The van der Waals surface area contributed by atoms with Gasteiger partial charge in [0.05, 0.1) is 12.8 Å². The van der Waals surface area contributed by atoms with Gasteiger partial charge in [-0.1, -0.05) is 6.42 Å². The maximum Gasteiger partial charge on any atom is 0.289 e. The molecule has 0 bridgehead atoms. The lowest BCUT2D eigenvalue weighted by molar-refractivity contribution is 0.0735. The number of fused-ring (bicyclic) bond motifs is 1. The maximum absolute atomic E-state index is 12.7. The highest BCUT2D eigenvalue weighted by Gasteiger charge is 2.43. The fourth-order valence-corrected chi connectivity index (χ4v) is 4.63. The van der Waals surface area contributed by atoms with Gasteiger partial charge in [0.1, 0.15) is 11.5 Å². The summed E-state index contributed by atoms with van der Waals surface area (Å²) in [7, 11) is 2.18. The predicted octanol–water partition coefficient (Wildman–Crippen LogP) is 3.55. The average molecular weight is 342 g/mol. The molecule has 3 atom stereocenters. The molecule has 5 heteroatoms. The molecule has 2 aromatic rings. The lowest BCUT2D eigenvalue weighted by atomic mass is 9.77. The average Bonchev–Trinajstić information content (AvgIpc) is 3.33. The van der Waals surface area contributed by atoms with Gasteiger partial charge in [-0.3, -0.25) is 9.69 Å². The number of hydrogen-bond donors (Lipinski definition) is 0. The van der Waals surface area contributed by atoms with Crippen LogP contribution in [0.2, 0.25) is 0 Å². The predicted molar refractivity (Wildman–Crippen MR) is 94.1 cm³/mol. The minimum Gasteiger partial charge on any atom is -0.468 e. The molecule has 25 heavy (non-hydrogen) atoms. The van der Waals surface area contributed by atoms with Crippen molar-refractivity contribution in [3.63, 3.8) is 0 Å². The lowest BCUT2D eigenvalue weighted by Crippen LogP contribution is -2.43. The van der Waals surface area contributed by atoms with Crippen LogP contribution in [0.1, 0.15) is 41.3 Å². The van der Waals surface area contributed by atoms with Gasteiger partial charge >= 0.3 is 0 Å². The van der Waals surface area contributed by atoms with Crippen molar-refractivity contribution in [1.82, 2.24) is 9.80 Å². The topological polar surface area (TPSA) is 49.8 Å². The zero-order chi connectivity index (χ0) is 17.4. The van der Waals surface area contributed by atoms with Crippen LogP contribution < -0.4 is 0 Å². The monoisotopic (exact) mass is 342 g/mol. The molecule has 134 valence electrons. The van der Waals surface area contributed by atoms with Gasteiger partial charge in [0.15, 0.2) is 5.76 Å². The van der Waals surface area contributed by atoms with E-state index in [4.69, 9.17) is 8.83 Å². The standard InChI is InChI=1S/C20H26N2O3/c1-14-8-9-19(25-14)20(23)22-11-15-5-3-7-18(17(15)13-22)21(2)12-16-6-4-10-24-16/h4,6,8-10,15,17-18H,3,5,7,11-13H2,1-2H3/t15-,17+,18-/m0/s1. The summed E-state index contributed by atoms with van der Waals surface area (Å²) in [5.74, 6) is 3.43. The minimum atomic E-state index is 0.0370. The molecular formula is C20H26N2O3. The normalized spacial score (nSPS) is 26.2. The highest BCUT2D eigenvalue weighted by Crippen LogP contribution is 2.39. The van der Waals surface area contributed by atoms with Crippen LogP contribution in [0.5, 0.6) is 0 Å². The summed E-state index contributed by atoms with van der Waals surface area (Å²) >= 11 is 0. The van der Waals surface area contributed by atoms with Crippen LogP contribution in [0, 0.1) is 18.8 Å². The number of hydrogen-bond acceptors (Lipinski definition) is 4. The van der Waals surface area contributed by atoms with Crippen molar-refractivity contribution in [2.24, 2.45) is 11.8 Å². The maximum atomic E-state index is 12.7. The molecule has 5 nitrogen and oxygen atoms in total. The van der Waals surface area contributed by atoms with Crippen LogP contribution >= 0.6 is 0 Å². The van der Waals surface area contributed by atoms with Gasteiger partial charge < -0.3 is 13.7 Å². The van der Waals surface area contributed by atoms with Crippen molar-refractivity contribution >= 4 is 5.91 Å². The number of amides is 1. The molecule has 1 saturated carbocycles. The third kappa shape index (κ3) is 3.25. The van der Waals surface area contributed by atoms with Gasteiger partial charge in [0, 0.05) is 19.1 Å². The Morgan fingerprint density at radius 2 is 2.16 bits per heavy atom. The van der Waals surface area contributed by atoms with E-state index < -0.39 is 0 Å². The molecule has 0 unspecified atom stereocenters. The molecule has 2 aromatic heterocycles. The van der Waals surface area contributed by atoms with E-state index in [2.05, 4.69) is 11.9 Å². The molecule has 0 aromatic carbocycles. The summed E-state index contributed by atoms with van der Waals surface area (Å²) in [5.41, 5.74) is 0. The zero-order valence-electron chi connectivity index (χ0n) is 15.0. The molecule has 4 rings (SSSR count). The molecule has 1 aliphatic heterocycles. The Balaban J connectivity index is 1.45. The molecule has 2 fully saturated rings. The van der Waals surface area contributed by atoms with Crippen LogP contribution in [0.4, 0.5) is 0 Å². The Kier molecular flexibility index (Phi) is 4.42. The van der Waals surface area contributed by atoms with Gasteiger partial charge in [-0.25, -0.2) is 0 Å². The van der Waals surface area contributed by atoms with Crippen molar-refractivity contribution in [3.8, 4) is 0 Å². The van der Waals surface area contributed by atoms with Crippen LogP contribution in [0.15, 0.2) is 39.4 Å². The van der Waals surface area contributed by atoms with Gasteiger partial charge in [-0.15, -0.1) is 0 Å². The van der Waals surface area contributed by atoms with Gasteiger partial charge in [-0.05, 0) is 62.9 Å². The quantitative estimate of drug-likeness (QED) is 0.852. The summed E-state index contributed by atoms with van der Waals surface area (Å²) in [6.45, 7) is 4.39. The summed E-state index contributed by atoms with van der Waals surface area (Å²) < 4.78 is 11.0. The molecule has 0 N–H and O–H groups in total. The van der Waals surface area contributed by atoms with Crippen molar-refractivity contribution in [2.75, 3.05) is 20.1 Å². The van der Waals surface area contributed by atoms with E-state index in [0.29, 0.717) is 23.6 Å². The van der Waals surface area contributed by atoms with Crippen molar-refractivity contribution < 1.29 is 13.6 Å². The highest BCUT2D eigenvalue weighted by atomic mass is 16.4. The Labute approximate surface area is 148 Å². The highest BCUT2D eigenvalue weighted by molar-refractivity contribution is 5.91. The second-order valence-corrected chi connectivity index (χ2v) is 7.54. The largest absolute Gasteiger partial charge is 0.468 e. The number of carbonyl (C=O) groups excluding carboxylic acids is 1.